The summed E-state index contributed by atoms with van der Waals surface area (Å²) in [7, 11) is -3.91. The van der Waals surface area contributed by atoms with E-state index in [0.717, 1.165) is 11.3 Å². The number of rotatable bonds is 6. The lowest BCUT2D eigenvalue weighted by Gasteiger charge is -2.18. The number of carbonyl (C=O) groups excluding carboxylic acids is 1. The van der Waals surface area contributed by atoms with Crippen LogP contribution in [-0.2, 0) is 10.0 Å². The molecule has 30 heavy (non-hydrogen) atoms. The summed E-state index contributed by atoms with van der Waals surface area (Å²) >= 11 is 1.12. The minimum atomic E-state index is -3.91. The first-order valence-corrected chi connectivity index (χ1v) is 11.0. The Bertz CT molecular complexity index is 1210. The number of nitro groups is 1. The van der Waals surface area contributed by atoms with Crippen LogP contribution in [0.5, 0.6) is 0 Å². The van der Waals surface area contributed by atoms with Crippen LogP contribution in [0.25, 0.3) is 11.3 Å². The van der Waals surface area contributed by atoms with Crippen LogP contribution in [0.15, 0.2) is 51.3 Å². The Kier molecular flexibility index (Phi) is 5.74. The van der Waals surface area contributed by atoms with Crippen molar-refractivity contribution in [3.05, 3.63) is 57.7 Å². The van der Waals surface area contributed by atoms with E-state index in [1.54, 1.807) is 38.3 Å². The number of benzene rings is 1. The zero-order valence-corrected chi connectivity index (χ0v) is 17.8. The number of hydrogen-bond acceptors (Lipinski definition) is 8. The van der Waals surface area contributed by atoms with Crippen LogP contribution in [0.2, 0.25) is 0 Å². The van der Waals surface area contributed by atoms with E-state index in [0.29, 0.717) is 11.3 Å². The second kappa shape index (κ2) is 7.97. The van der Waals surface area contributed by atoms with Crippen LogP contribution in [0, 0.1) is 10.1 Å². The van der Waals surface area contributed by atoms with Gasteiger partial charge in [-0.15, -0.1) is 11.3 Å². The van der Waals surface area contributed by atoms with Gasteiger partial charge in [-0.2, -0.15) is 0 Å². The third-order valence-corrected chi connectivity index (χ3v) is 5.98. The van der Waals surface area contributed by atoms with Crippen LogP contribution in [0.4, 0.5) is 10.8 Å². The highest BCUT2D eigenvalue weighted by Crippen LogP contribution is 2.28. The number of thiazole rings is 1. The fraction of sp³-hybridized carbons (Fsp3) is 0.222. The Morgan fingerprint density at radius 2 is 1.97 bits per heavy atom. The van der Waals surface area contributed by atoms with Crippen molar-refractivity contribution in [1.29, 1.82) is 0 Å². The molecular formula is C18H18N4O6S2. The Morgan fingerprint density at radius 1 is 1.23 bits per heavy atom. The summed E-state index contributed by atoms with van der Waals surface area (Å²) < 4.78 is 32.2. The molecule has 1 aromatic carbocycles. The van der Waals surface area contributed by atoms with E-state index >= 15 is 0 Å². The fourth-order valence-electron chi connectivity index (χ4n) is 2.44. The first-order valence-electron chi connectivity index (χ1n) is 8.60. The number of nitrogens with one attached hydrogen (secondary N) is 2. The van der Waals surface area contributed by atoms with Crippen LogP contribution >= 0.6 is 11.3 Å². The monoisotopic (exact) mass is 450 g/mol. The molecular weight excluding hydrogens is 432 g/mol. The molecule has 0 bridgehead atoms. The highest BCUT2D eigenvalue weighted by atomic mass is 32.2. The summed E-state index contributed by atoms with van der Waals surface area (Å²) in [5.74, 6) is -0.872. The molecule has 0 atom stereocenters. The topological polar surface area (TPSA) is 144 Å². The van der Waals surface area contributed by atoms with Crippen molar-refractivity contribution in [2.75, 3.05) is 5.32 Å². The molecule has 1 amide bonds. The van der Waals surface area contributed by atoms with Crippen molar-refractivity contribution in [1.82, 2.24) is 9.71 Å². The second-order valence-electron chi connectivity index (χ2n) is 7.27. The van der Waals surface area contributed by atoms with E-state index in [-0.39, 0.29) is 21.7 Å². The minimum Gasteiger partial charge on any atom is -0.438 e. The van der Waals surface area contributed by atoms with Gasteiger partial charge in [0, 0.05) is 28.6 Å². The van der Waals surface area contributed by atoms with Gasteiger partial charge in [-0.05, 0) is 32.9 Å². The van der Waals surface area contributed by atoms with Crippen LogP contribution in [0.3, 0.4) is 0 Å². The number of aromatic nitrogens is 1. The van der Waals surface area contributed by atoms with Gasteiger partial charge in [0.15, 0.2) is 10.9 Å². The lowest BCUT2D eigenvalue weighted by Crippen LogP contribution is -2.40. The smallest absolute Gasteiger partial charge is 0.293 e. The second-order valence-corrected chi connectivity index (χ2v) is 9.75. The predicted octanol–water partition coefficient (Wildman–Crippen LogP) is 3.64. The Hall–Kier alpha value is -3.09. The molecule has 0 aliphatic carbocycles. The lowest BCUT2D eigenvalue weighted by atomic mass is 10.1. The number of furan rings is 1. The molecule has 12 heteroatoms. The van der Waals surface area contributed by atoms with Gasteiger partial charge in [0.05, 0.1) is 10.6 Å². The Balaban J connectivity index is 1.75. The summed E-state index contributed by atoms with van der Waals surface area (Å²) in [5, 5.41) is 14.9. The van der Waals surface area contributed by atoms with E-state index in [1.165, 1.54) is 24.3 Å². The van der Waals surface area contributed by atoms with Crippen molar-refractivity contribution in [3.8, 4) is 11.3 Å². The van der Waals surface area contributed by atoms with Crippen molar-refractivity contribution in [2.45, 2.75) is 31.4 Å². The van der Waals surface area contributed by atoms with Crippen molar-refractivity contribution in [3.63, 3.8) is 0 Å². The van der Waals surface area contributed by atoms with Crippen LogP contribution in [-0.4, -0.2) is 29.8 Å². The van der Waals surface area contributed by atoms with Gasteiger partial charge in [0.2, 0.25) is 5.09 Å². The van der Waals surface area contributed by atoms with Gasteiger partial charge in [0.1, 0.15) is 0 Å². The summed E-state index contributed by atoms with van der Waals surface area (Å²) in [6.07, 6.45) is 0. The summed E-state index contributed by atoms with van der Waals surface area (Å²) in [4.78, 5) is 27.0. The molecule has 3 aromatic rings. The molecule has 0 saturated heterocycles. The molecule has 3 rings (SSSR count). The maximum absolute atomic E-state index is 12.4. The third-order valence-electron chi connectivity index (χ3n) is 3.59. The highest BCUT2D eigenvalue weighted by molar-refractivity contribution is 7.89. The van der Waals surface area contributed by atoms with E-state index in [9.17, 15) is 23.3 Å². The van der Waals surface area contributed by atoms with E-state index in [4.69, 9.17) is 4.42 Å². The molecule has 0 unspecified atom stereocenters. The van der Waals surface area contributed by atoms with Gasteiger partial charge >= 0.3 is 0 Å². The zero-order valence-electron chi connectivity index (χ0n) is 16.2. The highest BCUT2D eigenvalue weighted by Gasteiger charge is 2.26. The number of hydrogen-bond donors (Lipinski definition) is 2. The lowest BCUT2D eigenvalue weighted by molar-refractivity contribution is -0.384. The standard InChI is InChI=1S/C18H18N4O6S2/c1-18(2,3)21-30(26,27)15-8-7-14(28-15)16(23)20-17-19-13(10-29-17)11-5-4-6-12(9-11)22(24)25/h4-10,21H,1-3H3,(H,19,20,23). The molecule has 158 valence electrons. The fourth-order valence-corrected chi connectivity index (χ4v) is 4.51. The number of non-ortho nitro benzene ring substituents is 1. The molecule has 0 radical (unpaired) electrons. The summed E-state index contributed by atoms with van der Waals surface area (Å²) in [5.41, 5.74) is 0.202. The number of amides is 1. The third kappa shape index (κ3) is 5.09. The summed E-state index contributed by atoms with van der Waals surface area (Å²) in [6, 6.07) is 8.41. The number of nitro benzene ring substituents is 1. The average Bonchev–Trinajstić information content (AvgIpc) is 3.30. The normalized spacial score (nSPS) is 12.0. The number of anilines is 1. The van der Waals surface area contributed by atoms with Gasteiger partial charge in [-0.3, -0.25) is 20.2 Å². The number of nitrogens with zero attached hydrogens (tertiary/aromatic N) is 2. The quantitative estimate of drug-likeness (QED) is 0.431. The molecule has 2 aromatic heterocycles. The molecule has 0 aliphatic heterocycles. The van der Waals surface area contributed by atoms with E-state index in [1.807, 2.05) is 0 Å². The molecule has 2 heterocycles. The zero-order chi connectivity index (χ0) is 22.1. The Morgan fingerprint density at radius 3 is 2.63 bits per heavy atom. The number of sulfonamides is 1. The van der Waals surface area contributed by atoms with E-state index in [2.05, 4.69) is 15.0 Å². The minimum absolute atomic E-state index is 0.0701. The molecule has 0 aliphatic rings. The molecule has 0 fully saturated rings. The molecule has 10 nitrogen and oxygen atoms in total. The summed E-state index contributed by atoms with van der Waals surface area (Å²) in [6.45, 7) is 5.05. The molecule has 0 saturated carbocycles. The average molecular weight is 450 g/mol. The first-order chi connectivity index (χ1) is 13.9. The Labute approximate surface area is 176 Å². The first kappa shape index (κ1) is 21.6. The molecule has 2 N–H and O–H groups in total. The van der Waals surface area contributed by atoms with Gasteiger partial charge in [-0.1, -0.05) is 12.1 Å². The van der Waals surface area contributed by atoms with E-state index < -0.39 is 26.4 Å². The maximum Gasteiger partial charge on any atom is 0.293 e. The van der Waals surface area contributed by atoms with Crippen LogP contribution in [0.1, 0.15) is 31.3 Å². The van der Waals surface area contributed by atoms with Gasteiger partial charge < -0.3 is 4.42 Å². The van der Waals surface area contributed by atoms with Crippen molar-refractivity contribution in [2.24, 2.45) is 0 Å². The number of carbonyl (C=O) groups is 1. The molecule has 0 spiro atoms. The largest absolute Gasteiger partial charge is 0.438 e. The van der Waals surface area contributed by atoms with Gasteiger partial charge in [-0.25, -0.2) is 18.1 Å². The van der Waals surface area contributed by atoms with Gasteiger partial charge in [0.25, 0.3) is 21.6 Å². The predicted molar refractivity (Wildman–Crippen MR) is 111 cm³/mol. The van der Waals surface area contributed by atoms with Crippen molar-refractivity contribution < 1.29 is 22.6 Å². The maximum atomic E-state index is 12.4. The van der Waals surface area contributed by atoms with Crippen LogP contribution < -0.4 is 10.0 Å². The van der Waals surface area contributed by atoms with Crippen molar-refractivity contribution >= 4 is 38.1 Å². The SMILES string of the molecule is CC(C)(C)NS(=O)(=O)c1ccc(C(=O)Nc2nc(-c3cccc([N+](=O)[O-])c3)cs2)o1.